The van der Waals surface area contributed by atoms with Gasteiger partial charge in [-0.15, -0.1) is 0 Å². The summed E-state index contributed by atoms with van der Waals surface area (Å²) in [4.78, 5) is 54.6. The van der Waals surface area contributed by atoms with Crippen molar-refractivity contribution in [2.24, 2.45) is 9.98 Å². The molecule has 1 amide bonds. The van der Waals surface area contributed by atoms with Gasteiger partial charge in [0.25, 0.3) is 5.91 Å². The zero-order valence-corrected chi connectivity index (χ0v) is 23.7. The van der Waals surface area contributed by atoms with E-state index in [9.17, 15) is 33.9 Å². The highest BCUT2D eigenvalue weighted by Crippen LogP contribution is 2.53. The fraction of sp³-hybridized carbons (Fsp3) is 0.550. The fourth-order valence-corrected chi connectivity index (χ4v) is 7.21. The number of fused-ring (bicyclic) bond motifs is 5. The topological polar surface area (TPSA) is 295 Å². The lowest BCUT2D eigenvalue weighted by Gasteiger charge is -2.31. The predicted molar refractivity (Wildman–Crippen MR) is 139 cm³/mol. The molecule has 0 spiro atoms. The van der Waals surface area contributed by atoms with Crippen molar-refractivity contribution in [1.82, 2.24) is 29.7 Å². The second kappa shape index (κ2) is 10.8. The van der Waals surface area contributed by atoms with Crippen molar-refractivity contribution < 1.29 is 61.5 Å². The van der Waals surface area contributed by atoms with Gasteiger partial charge in [0.15, 0.2) is 30.0 Å². The van der Waals surface area contributed by atoms with Crippen LogP contribution in [0.25, 0.3) is 11.2 Å². The molecular weight excluding hydrogens is 636 g/mol. The molecule has 0 aliphatic carbocycles. The smallest absolute Gasteiger partial charge is 0.387 e. The Balaban J connectivity index is 1.17. The van der Waals surface area contributed by atoms with Crippen LogP contribution in [0.5, 0.6) is 0 Å². The Morgan fingerprint density at radius 1 is 0.977 bits per heavy atom. The normalized spacial score (nSPS) is 42.7. The molecular formula is C20H23N9O13P2. The Bertz CT molecular complexity index is 1670. The van der Waals surface area contributed by atoms with Crippen molar-refractivity contribution in [3.05, 3.63) is 18.9 Å². The number of guanidine groups is 1. The standard InChI is InChI=1S/C20H23N9O13P2/c21-20-26-16-10(17(32)27-20)25-6-29(16)19-14-11(30)8(39-19)2-37-43(33,34)41-13-9(3-38-44(35,36)42-14)40-18(12(13)31)28-5-24-7-1-22-4-23-15(7)28/h1,4-6,8-14,18-19,30-31H,2-3H2,(H,33,34)(H,35,36)(H2,21,27,32)/t8-,9-,10?,11-,12-,13-,14-,18-,19-/m1/s1. The number of phosphoric ester groups is 2. The first-order chi connectivity index (χ1) is 20.9. The average molecular weight is 659 g/mol. The zero-order chi connectivity index (χ0) is 31.0. The third-order valence-corrected chi connectivity index (χ3v) is 9.26. The number of hydrogen-bond donors (Lipinski definition) is 6. The van der Waals surface area contributed by atoms with Crippen LogP contribution in [-0.4, -0.2) is 131 Å². The van der Waals surface area contributed by atoms with E-state index in [1.807, 2.05) is 0 Å². The summed E-state index contributed by atoms with van der Waals surface area (Å²) in [6, 6.07) is -1.18. The van der Waals surface area contributed by atoms with Gasteiger partial charge in [0, 0.05) is 0 Å². The highest BCUT2D eigenvalue weighted by molar-refractivity contribution is 7.47. The van der Waals surface area contributed by atoms with Crippen LogP contribution in [0.4, 0.5) is 0 Å². The van der Waals surface area contributed by atoms with Gasteiger partial charge in [-0.3, -0.25) is 48.1 Å². The quantitative estimate of drug-likeness (QED) is 0.180. The minimum atomic E-state index is -5.10. The summed E-state index contributed by atoms with van der Waals surface area (Å²) in [5.41, 5.74) is 0.594. The number of aliphatic hydroxyl groups is 2. The van der Waals surface area contributed by atoms with Crippen LogP contribution < -0.4 is 5.32 Å². The van der Waals surface area contributed by atoms with Gasteiger partial charge in [-0.1, -0.05) is 0 Å². The number of rotatable bonds is 2. The molecule has 3 saturated heterocycles. The SMILES string of the molecule is N=C1N=C2C(N=CN2[C@@H]2O[C@@H]3COP(=O)(O)O[C@H]4[C@@H](O)[C@H](n5cnc6cncnc65)O[C@@H]4COP(=O)(O)O[C@@H]2[C@@H]3O)C(=O)N1. The summed E-state index contributed by atoms with van der Waals surface area (Å²) in [5.74, 6) is -1.28. The Labute approximate surface area is 245 Å². The average Bonchev–Trinajstić information content (AvgIpc) is 3.72. The first kappa shape index (κ1) is 29.6. The molecule has 3 unspecified atom stereocenters. The number of hydrogen-bond acceptors (Lipinski definition) is 17. The van der Waals surface area contributed by atoms with Gasteiger partial charge in [-0.2, -0.15) is 4.99 Å². The monoisotopic (exact) mass is 659 g/mol. The van der Waals surface area contributed by atoms with E-state index < -0.39 is 95.8 Å². The minimum absolute atomic E-state index is 0.100. The summed E-state index contributed by atoms with van der Waals surface area (Å²) < 4.78 is 59.9. The van der Waals surface area contributed by atoms with Crippen molar-refractivity contribution in [2.45, 2.75) is 55.1 Å². The lowest BCUT2D eigenvalue weighted by Crippen LogP contribution is -2.53. The number of imidazole rings is 1. The molecule has 11 atom stereocenters. The van der Waals surface area contributed by atoms with Gasteiger partial charge in [-0.25, -0.2) is 24.1 Å². The lowest BCUT2D eigenvalue weighted by molar-refractivity contribution is -0.119. The van der Waals surface area contributed by atoms with E-state index in [0.29, 0.717) is 5.52 Å². The van der Waals surface area contributed by atoms with E-state index in [4.69, 9.17) is 33.0 Å². The number of aliphatic hydroxyl groups excluding tert-OH is 2. The van der Waals surface area contributed by atoms with Crippen LogP contribution in [-0.2, 0) is 41.5 Å². The molecule has 0 saturated carbocycles. The van der Waals surface area contributed by atoms with Gasteiger partial charge < -0.3 is 29.5 Å². The van der Waals surface area contributed by atoms with E-state index in [1.165, 1.54) is 23.4 Å². The van der Waals surface area contributed by atoms with Crippen LogP contribution in [0.2, 0.25) is 0 Å². The van der Waals surface area contributed by atoms with Crippen LogP contribution >= 0.6 is 15.6 Å². The van der Waals surface area contributed by atoms with Crippen molar-refractivity contribution >= 4 is 50.9 Å². The van der Waals surface area contributed by atoms with Crippen molar-refractivity contribution in [1.29, 1.82) is 5.41 Å². The molecule has 7 heterocycles. The van der Waals surface area contributed by atoms with Crippen LogP contribution in [0.1, 0.15) is 6.23 Å². The number of nitrogens with one attached hydrogen (secondary N) is 2. The van der Waals surface area contributed by atoms with E-state index in [0.717, 1.165) is 11.2 Å². The van der Waals surface area contributed by atoms with E-state index >= 15 is 0 Å². The molecule has 22 nitrogen and oxygen atoms in total. The second-order valence-electron chi connectivity index (χ2n) is 10.0. The Kier molecular flexibility index (Phi) is 7.23. The second-order valence-corrected chi connectivity index (χ2v) is 12.9. The van der Waals surface area contributed by atoms with Crippen LogP contribution in [0.15, 0.2) is 28.8 Å². The van der Waals surface area contributed by atoms with Gasteiger partial charge in [-0.05, 0) is 0 Å². The molecule has 5 aliphatic rings. The number of phosphoric acid groups is 2. The lowest BCUT2D eigenvalue weighted by atomic mass is 10.1. The molecule has 0 aromatic carbocycles. The number of aliphatic imine (C=N–C) groups is 2. The summed E-state index contributed by atoms with van der Waals surface area (Å²) in [6.07, 6.45) is -7.45. The maximum Gasteiger partial charge on any atom is 0.472 e. The van der Waals surface area contributed by atoms with E-state index in [1.54, 1.807) is 0 Å². The Morgan fingerprint density at radius 3 is 2.45 bits per heavy atom. The minimum Gasteiger partial charge on any atom is -0.387 e. The van der Waals surface area contributed by atoms with Gasteiger partial charge >= 0.3 is 15.6 Å². The van der Waals surface area contributed by atoms with E-state index in [-0.39, 0.29) is 11.5 Å². The number of aromatic nitrogens is 4. The first-order valence-electron chi connectivity index (χ1n) is 12.8. The molecule has 24 heteroatoms. The number of nitrogens with zero attached hydrogens (tertiary/aromatic N) is 7. The van der Waals surface area contributed by atoms with E-state index in [2.05, 4.69) is 30.3 Å². The molecule has 2 bridgehead atoms. The maximum atomic E-state index is 13.2. The van der Waals surface area contributed by atoms with Gasteiger partial charge in [0.2, 0.25) is 5.96 Å². The summed E-state index contributed by atoms with van der Waals surface area (Å²) >= 11 is 0. The molecule has 236 valence electrons. The van der Waals surface area contributed by atoms with Gasteiger partial charge in [0.05, 0.1) is 32.1 Å². The molecule has 44 heavy (non-hydrogen) atoms. The molecule has 7 rings (SSSR count). The maximum absolute atomic E-state index is 13.2. The van der Waals surface area contributed by atoms with Crippen molar-refractivity contribution in [2.75, 3.05) is 13.2 Å². The third-order valence-electron chi connectivity index (χ3n) is 7.29. The highest BCUT2D eigenvalue weighted by atomic mass is 31.2. The number of carbonyl (C=O) groups excluding carboxylic acids is 1. The Hall–Kier alpha value is -3.11. The molecule has 2 aromatic rings. The van der Waals surface area contributed by atoms with Crippen LogP contribution in [0.3, 0.4) is 0 Å². The molecule has 2 aromatic heterocycles. The molecule has 5 aliphatic heterocycles. The molecule has 0 radical (unpaired) electrons. The van der Waals surface area contributed by atoms with Gasteiger partial charge in [0.1, 0.15) is 48.5 Å². The Morgan fingerprint density at radius 2 is 1.68 bits per heavy atom. The van der Waals surface area contributed by atoms with Crippen LogP contribution in [0, 0.1) is 5.41 Å². The number of amides is 1. The fourth-order valence-electron chi connectivity index (χ4n) is 5.31. The largest absolute Gasteiger partial charge is 0.472 e. The number of carbonyl (C=O) groups is 1. The molecule has 6 N–H and O–H groups in total. The zero-order valence-electron chi connectivity index (χ0n) is 21.9. The summed E-state index contributed by atoms with van der Waals surface area (Å²) in [7, 11) is -10.1. The summed E-state index contributed by atoms with van der Waals surface area (Å²) in [6.45, 7) is -1.62. The van der Waals surface area contributed by atoms with Crippen molar-refractivity contribution in [3.63, 3.8) is 0 Å². The first-order valence-corrected chi connectivity index (χ1v) is 15.8. The predicted octanol–water partition coefficient (Wildman–Crippen LogP) is -2.64. The number of ether oxygens (including phenoxy) is 2. The number of amidine groups is 1. The third kappa shape index (κ3) is 5.17. The van der Waals surface area contributed by atoms with Crippen molar-refractivity contribution in [3.8, 4) is 0 Å². The highest BCUT2D eigenvalue weighted by Gasteiger charge is 2.56. The molecule has 3 fully saturated rings. The summed E-state index contributed by atoms with van der Waals surface area (Å²) in [5, 5.41) is 32.0.